The molecule has 0 saturated carbocycles. The van der Waals surface area contributed by atoms with Crippen LogP contribution in [0.2, 0.25) is 0 Å². The summed E-state index contributed by atoms with van der Waals surface area (Å²) in [5.74, 6) is -1.86. The first-order chi connectivity index (χ1) is 12.9. The number of ketones is 1. The average Bonchev–Trinajstić information content (AvgIpc) is 2.66. The fourth-order valence-corrected chi connectivity index (χ4v) is 2.16. The summed E-state index contributed by atoms with van der Waals surface area (Å²) < 4.78 is 42.1. The highest BCUT2D eigenvalue weighted by Gasteiger charge is 2.39. The molecule has 0 unspecified atom stereocenters. The smallest absolute Gasteiger partial charge is 0.445 e. The Hall–Kier alpha value is -3.09. The highest BCUT2D eigenvalue weighted by Crippen LogP contribution is 2.21. The number of halogens is 3. The quantitative estimate of drug-likeness (QED) is 0.559. The van der Waals surface area contributed by atoms with Gasteiger partial charge in [0, 0.05) is 12.1 Å². The molecule has 0 saturated heterocycles. The lowest BCUT2D eigenvalue weighted by atomic mass is 10.1. The molecule has 0 atom stereocenters. The van der Waals surface area contributed by atoms with Crippen molar-refractivity contribution in [3.05, 3.63) is 77.4 Å². The van der Waals surface area contributed by atoms with Gasteiger partial charge in [-0.2, -0.15) is 13.2 Å². The molecule has 0 spiro atoms. The van der Waals surface area contributed by atoms with E-state index in [1.807, 2.05) is 30.3 Å². The van der Waals surface area contributed by atoms with Crippen molar-refractivity contribution in [3.8, 4) is 0 Å². The van der Waals surface area contributed by atoms with Gasteiger partial charge in [0.2, 0.25) is 0 Å². The maximum absolute atomic E-state index is 12.3. The zero-order valence-corrected chi connectivity index (χ0v) is 14.3. The molecule has 0 aromatic heterocycles. The maximum Gasteiger partial charge on any atom is 0.454 e. The van der Waals surface area contributed by atoms with Crippen LogP contribution in [0.1, 0.15) is 27.9 Å². The predicted molar refractivity (Wildman–Crippen MR) is 95.1 cm³/mol. The number of nitrogens with one attached hydrogen (secondary N) is 1. The predicted octanol–water partition coefficient (Wildman–Crippen LogP) is 4.76. The Morgan fingerprint density at radius 2 is 1.67 bits per heavy atom. The molecular weight excluding hydrogens is 359 g/mol. The van der Waals surface area contributed by atoms with Gasteiger partial charge in [-0.25, -0.2) is 4.79 Å². The van der Waals surface area contributed by atoms with E-state index < -0.39 is 23.6 Å². The first kappa shape index (κ1) is 20.2. The van der Waals surface area contributed by atoms with Gasteiger partial charge in [-0.1, -0.05) is 66.7 Å². The summed E-state index contributed by atoms with van der Waals surface area (Å²) in [5, 5.41) is 2.60. The Bertz CT molecular complexity index is 784. The molecule has 0 heterocycles. The highest BCUT2D eigenvalue weighted by molar-refractivity contribution is 6.00. The van der Waals surface area contributed by atoms with Crippen LogP contribution >= 0.6 is 0 Å². The molecule has 27 heavy (non-hydrogen) atoms. The summed E-state index contributed by atoms with van der Waals surface area (Å²) in [5.41, 5.74) is 1.14. The Kier molecular flexibility index (Phi) is 7.16. The van der Waals surface area contributed by atoms with Gasteiger partial charge >= 0.3 is 12.3 Å². The summed E-state index contributed by atoms with van der Waals surface area (Å²) in [6.45, 7) is 0.542. The lowest BCUT2D eigenvalue weighted by Gasteiger charge is -2.06. The van der Waals surface area contributed by atoms with Crippen LogP contribution in [0.25, 0.3) is 6.08 Å². The minimum absolute atomic E-state index is 0.186. The van der Waals surface area contributed by atoms with E-state index in [1.54, 1.807) is 12.2 Å². The third-order valence-corrected chi connectivity index (χ3v) is 3.53. The number of carbonyl (C=O) groups is 2. The standard InChI is InChI=1S/C20H18F3NO3/c21-20(22,23)18(25)17-11-9-15(10-12-17)6-4-5-13-24-19(26)27-14-16-7-2-1-3-8-16/h1-4,6-12H,5,13-14H2,(H,24,26). The van der Waals surface area contributed by atoms with Crippen molar-refractivity contribution in [1.82, 2.24) is 5.32 Å². The molecule has 0 aliphatic heterocycles. The van der Waals surface area contributed by atoms with Gasteiger partial charge in [-0.3, -0.25) is 4.79 Å². The van der Waals surface area contributed by atoms with Gasteiger partial charge in [0.15, 0.2) is 0 Å². The van der Waals surface area contributed by atoms with Crippen LogP contribution in [-0.2, 0) is 11.3 Å². The molecule has 0 bridgehead atoms. The van der Waals surface area contributed by atoms with Crippen LogP contribution in [-0.4, -0.2) is 24.6 Å². The van der Waals surface area contributed by atoms with Gasteiger partial charge in [0.05, 0.1) is 0 Å². The minimum Gasteiger partial charge on any atom is -0.445 e. The second-order valence-electron chi connectivity index (χ2n) is 5.63. The molecule has 2 aromatic rings. The third-order valence-electron chi connectivity index (χ3n) is 3.53. The summed E-state index contributed by atoms with van der Waals surface area (Å²) in [7, 11) is 0. The van der Waals surface area contributed by atoms with Crippen LogP contribution in [0, 0.1) is 0 Å². The molecule has 0 fully saturated rings. The van der Waals surface area contributed by atoms with Crippen LogP contribution in [0.5, 0.6) is 0 Å². The number of carbonyl (C=O) groups excluding carboxylic acids is 2. The number of benzene rings is 2. The van der Waals surface area contributed by atoms with E-state index in [9.17, 15) is 22.8 Å². The molecule has 1 amide bonds. The second kappa shape index (κ2) is 9.56. The molecule has 0 aliphatic rings. The third kappa shape index (κ3) is 6.97. The first-order valence-electron chi connectivity index (χ1n) is 8.19. The zero-order chi connectivity index (χ0) is 19.7. The fourth-order valence-electron chi connectivity index (χ4n) is 2.16. The SMILES string of the molecule is O=C(NCCC=Cc1ccc(C(=O)C(F)(F)F)cc1)OCc1ccccc1. The molecule has 2 aromatic carbocycles. The first-order valence-corrected chi connectivity index (χ1v) is 8.19. The molecule has 0 radical (unpaired) electrons. The Morgan fingerprint density at radius 3 is 2.30 bits per heavy atom. The number of alkyl carbamates (subject to hydrolysis) is 1. The number of Topliss-reactive ketones (excluding diaryl/α,β-unsaturated/α-hetero) is 1. The molecule has 4 nitrogen and oxygen atoms in total. The number of hydrogen-bond acceptors (Lipinski definition) is 3. The molecule has 2 rings (SSSR count). The van der Waals surface area contributed by atoms with Gasteiger partial charge < -0.3 is 10.1 Å². The highest BCUT2D eigenvalue weighted by atomic mass is 19.4. The van der Waals surface area contributed by atoms with E-state index in [0.29, 0.717) is 18.5 Å². The number of alkyl halides is 3. The summed E-state index contributed by atoms with van der Waals surface area (Å²) in [4.78, 5) is 22.6. The molecular formula is C20H18F3NO3. The van der Waals surface area contributed by atoms with Gasteiger partial charge in [0.25, 0.3) is 5.78 Å². The van der Waals surface area contributed by atoms with E-state index in [4.69, 9.17) is 4.74 Å². The summed E-state index contributed by atoms with van der Waals surface area (Å²) >= 11 is 0. The minimum atomic E-state index is -4.88. The van der Waals surface area contributed by atoms with E-state index in [0.717, 1.165) is 17.7 Å². The molecule has 7 heteroatoms. The van der Waals surface area contributed by atoms with E-state index >= 15 is 0 Å². The lowest BCUT2D eigenvalue weighted by molar-refractivity contribution is -0.0885. The van der Waals surface area contributed by atoms with Crippen LogP contribution in [0.3, 0.4) is 0 Å². The van der Waals surface area contributed by atoms with Crippen molar-refractivity contribution in [3.63, 3.8) is 0 Å². The summed E-state index contributed by atoms with van der Waals surface area (Å²) in [6, 6.07) is 14.4. The van der Waals surface area contributed by atoms with Crippen molar-refractivity contribution in [2.75, 3.05) is 6.54 Å². The molecule has 142 valence electrons. The Morgan fingerprint density at radius 1 is 1.00 bits per heavy atom. The van der Waals surface area contributed by atoms with Crippen LogP contribution < -0.4 is 5.32 Å². The number of amides is 1. The zero-order valence-electron chi connectivity index (χ0n) is 14.3. The number of rotatable bonds is 7. The van der Waals surface area contributed by atoms with Crippen molar-refractivity contribution in [2.45, 2.75) is 19.2 Å². The number of ether oxygens (including phenoxy) is 1. The van der Waals surface area contributed by atoms with Crippen molar-refractivity contribution < 1.29 is 27.5 Å². The van der Waals surface area contributed by atoms with Crippen molar-refractivity contribution in [2.24, 2.45) is 0 Å². The van der Waals surface area contributed by atoms with Gasteiger partial charge in [0.1, 0.15) is 6.61 Å². The normalized spacial score (nSPS) is 11.4. The maximum atomic E-state index is 12.3. The van der Waals surface area contributed by atoms with E-state index in [2.05, 4.69) is 5.32 Å². The fraction of sp³-hybridized carbons (Fsp3) is 0.200. The van der Waals surface area contributed by atoms with Crippen LogP contribution in [0.4, 0.5) is 18.0 Å². The molecule has 0 aliphatic carbocycles. The second-order valence-corrected chi connectivity index (χ2v) is 5.63. The van der Waals surface area contributed by atoms with E-state index in [-0.39, 0.29) is 6.61 Å². The van der Waals surface area contributed by atoms with Gasteiger partial charge in [-0.15, -0.1) is 0 Å². The van der Waals surface area contributed by atoms with Gasteiger partial charge in [-0.05, 0) is 17.5 Å². The van der Waals surface area contributed by atoms with Crippen molar-refractivity contribution in [1.29, 1.82) is 0 Å². The average molecular weight is 377 g/mol. The van der Waals surface area contributed by atoms with E-state index in [1.165, 1.54) is 12.1 Å². The lowest BCUT2D eigenvalue weighted by Crippen LogP contribution is -2.24. The topological polar surface area (TPSA) is 55.4 Å². The Balaban J connectivity index is 1.70. The molecule has 1 N–H and O–H groups in total. The number of hydrogen-bond donors (Lipinski definition) is 1. The monoisotopic (exact) mass is 377 g/mol. The van der Waals surface area contributed by atoms with Crippen molar-refractivity contribution >= 4 is 18.0 Å². The van der Waals surface area contributed by atoms with Crippen LogP contribution in [0.15, 0.2) is 60.7 Å². The summed E-state index contributed by atoms with van der Waals surface area (Å²) in [6.07, 6.45) is -1.43. The largest absolute Gasteiger partial charge is 0.454 e. The Labute approximate surface area is 154 Å².